The third-order valence-corrected chi connectivity index (χ3v) is 4.90. The largest absolute Gasteiger partial charge is 0.369 e. The molecule has 1 unspecified atom stereocenters. The molecule has 1 aliphatic rings. The van der Waals surface area contributed by atoms with Crippen LogP contribution in [0.25, 0.3) is 5.65 Å². The van der Waals surface area contributed by atoms with E-state index in [0.29, 0.717) is 6.04 Å². The van der Waals surface area contributed by atoms with Gasteiger partial charge in [-0.15, -0.1) is 10.2 Å². The molecule has 0 bridgehead atoms. The molecule has 0 amide bonds. The zero-order chi connectivity index (χ0) is 18.5. The lowest BCUT2D eigenvalue weighted by molar-refractivity contribution is 0.646. The first-order chi connectivity index (χ1) is 13.3. The van der Waals surface area contributed by atoms with Crippen LogP contribution in [0.3, 0.4) is 0 Å². The third-order valence-electron chi connectivity index (χ3n) is 4.90. The number of aliphatic imine (C=N–C) groups is 1. The van der Waals surface area contributed by atoms with E-state index in [1.54, 1.807) is 0 Å². The second-order valence-corrected chi connectivity index (χ2v) is 6.71. The van der Waals surface area contributed by atoms with E-state index < -0.39 is 0 Å². The van der Waals surface area contributed by atoms with E-state index in [9.17, 15) is 0 Å². The van der Waals surface area contributed by atoms with Crippen molar-refractivity contribution >= 4 is 17.3 Å². The maximum Gasteiger partial charge on any atom is 0.191 e. The van der Waals surface area contributed by atoms with Gasteiger partial charge in [-0.3, -0.25) is 9.39 Å². The van der Waals surface area contributed by atoms with Crippen molar-refractivity contribution in [3.63, 3.8) is 0 Å². The number of benzene rings is 1. The Balaban J connectivity index is 1.28. The third kappa shape index (κ3) is 4.02. The van der Waals surface area contributed by atoms with Crippen LogP contribution in [-0.2, 0) is 6.42 Å². The fourth-order valence-corrected chi connectivity index (χ4v) is 3.49. The molecule has 0 aliphatic carbocycles. The minimum Gasteiger partial charge on any atom is -0.369 e. The molecule has 1 fully saturated rings. The van der Waals surface area contributed by atoms with Crippen molar-refractivity contribution in [2.24, 2.45) is 4.99 Å². The highest BCUT2D eigenvalue weighted by molar-refractivity contribution is 5.80. The summed E-state index contributed by atoms with van der Waals surface area (Å²) in [5, 5.41) is 15.4. The van der Waals surface area contributed by atoms with Gasteiger partial charge >= 0.3 is 0 Å². The van der Waals surface area contributed by atoms with E-state index >= 15 is 0 Å². The van der Waals surface area contributed by atoms with Crippen LogP contribution in [0.15, 0.2) is 59.7 Å². The Labute approximate surface area is 159 Å². The van der Waals surface area contributed by atoms with Gasteiger partial charge in [0.1, 0.15) is 5.82 Å². The molecule has 2 N–H and O–H groups in total. The Bertz CT molecular complexity index is 903. The Morgan fingerprint density at radius 3 is 2.85 bits per heavy atom. The molecule has 2 aromatic heterocycles. The molecular formula is C20H25N7. The van der Waals surface area contributed by atoms with Crippen molar-refractivity contribution < 1.29 is 0 Å². The fourth-order valence-electron chi connectivity index (χ4n) is 3.49. The van der Waals surface area contributed by atoms with Crippen LogP contribution in [0, 0.1) is 0 Å². The summed E-state index contributed by atoms with van der Waals surface area (Å²) in [6.45, 7) is 2.80. The molecule has 140 valence electrons. The summed E-state index contributed by atoms with van der Waals surface area (Å²) in [6, 6.07) is 16.9. The molecule has 1 saturated heterocycles. The first-order valence-electron chi connectivity index (χ1n) is 9.39. The van der Waals surface area contributed by atoms with Crippen LogP contribution in [0.1, 0.15) is 12.2 Å². The molecule has 3 aromatic rings. The van der Waals surface area contributed by atoms with Crippen LogP contribution in [0.2, 0.25) is 0 Å². The van der Waals surface area contributed by atoms with E-state index in [0.717, 1.165) is 49.9 Å². The highest BCUT2D eigenvalue weighted by Gasteiger charge is 2.23. The van der Waals surface area contributed by atoms with Gasteiger partial charge in [0.15, 0.2) is 11.6 Å². The lowest BCUT2D eigenvalue weighted by atomic mass is 10.2. The van der Waals surface area contributed by atoms with E-state index in [-0.39, 0.29) is 0 Å². The highest BCUT2D eigenvalue weighted by Crippen LogP contribution is 2.19. The summed E-state index contributed by atoms with van der Waals surface area (Å²) >= 11 is 0. The van der Waals surface area contributed by atoms with E-state index in [2.05, 4.69) is 61.1 Å². The molecule has 0 spiro atoms. The summed E-state index contributed by atoms with van der Waals surface area (Å²) in [5.41, 5.74) is 2.16. The number of guanidine groups is 1. The Morgan fingerprint density at radius 1 is 1.15 bits per heavy atom. The summed E-state index contributed by atoms with van der Waals surface area (Å²) < 4.78 is 2.02. The summed E-state index contributed by atoms with van der Waals surface area (Å²) in [6.07, 6.45) is 3.88. The lowest BCUT2D eigenvalue weighted by Gasteiger charge is -2.20. The van der Waals surface area contributed by atoms with Gasteiger partial charge in [0.2, 0.25) is 0 Å². The number of nitrogens with zero attached hydrogens (tertiary/aromatic N) is 5. The van der Waals surface area contributed by atoms with Gasteiger partial charge in [-0.05, 0) is 30.7 Å². The number of fused-ring (bicyclic) bond motifs is 1. The van der Waals surface area contributed by atoms with E-state index in [1.165, 1.54) is 5.69 Å². The van der Waals surface area contributed by atoms with Crippen LogP contribution in [0.5, 0.6) is 0 Å². The predicted molar refractivity (Wildman–Crippen MR) is 108 cm³/mol. The van der Waals surface area contributed by atoms with Crippen molar-refractivity contribution in [1.82, 2.24) is 25.2 Å². The number of rotatable bonds is 5. The van der Waals surface area contributed by atoms with Crippen LogP contribution in [0.4, 0.5) is 5.69 Å². The molecule has 1 aromatic carbocycles. The molecule has 27 heavy (non-hydrogen) atoms. The lowest BCUT2D eigenvalue weighted by Crippen LogP contribution is -2.45. The second-order valence-electron chi connectivity index (χ2n) is 6.71. The first-order valence-corrected chi connectivity index (χ1v) is 9.39. The number of anilines is 1. The van der Waals surface area contributed by atoms with Crippen LogP contribution in [-0.4, -0.2) is 53.3 Å². The minimum absolute atomic E-state index is 0.394. The number of nitrogens with one attached hydrogen (secondary N) is 2. The molecule has 0 radical (unpaired) electrons. The van der Waals surface area contributed by atoms with Gasteiger partial charge in [-0.1, -0.05) is 24.3 Å². The molecule has 7 nitrogen and oxygen atoms in total. The Morgan fingerprint density at radius 2 is 2.00 bits per heavy atom. The summed E-state index contributed by atoms with van der Waals surface area (Å²) in [4.78, 5) is 6.77. The zero-order valence-electron chi connectivity index (χ0n) is 15.5. The maximum atomic E-state index is 4.36. The molecule has 7 heteroatoms. The number of pyridine rings is 1. The SMILES string of the molecule is CN=C(NCCc1nnc2ccccn12)NC1CCN(c2ccccc2)C1. The van der Waals surface area contributed by atoms with Crippen molar-refractivity contribution in [1.29, 1.82) is 0 Å². The van der Waals surface area contributed by atoms with Gasteiger partial charge < -0.3 is 15.5 Å². The molecule has 1 aliphatic heterocycles. The van der Waals surface area contributed by atoms with Gasteiger partial charge in [0.25, 0.3) is 0 Å². The van der Waals surface area contributed by atoms with Crippen LogP contribution < -0.4 is 15.5 Å². The number of para-hydroxylation sites is 1. The summed E-state index contributed by atoms with van der Waals surface area (Å²) in [5.74, 6) is 1.79. The van der Waals surface area contributed by atoms with E-state index in [4.69, 9.17) is 0 Å². The topological polar surface area (TPSA) is 69.8 Å². The molecule has 0 saturated carbocycles. The van der Waals surface area contributed by atoms with Crippen molar-refractivity contribution in [2.45, 2.75) is 18.9 Å². The minimum atomic E-state index is 0.394. The van der Waals surface area contributed by atoms with Crippen molar-refractivity contribution in [3.05, 3.63) is 60.6 Å². The average Bonchev–Trinajstić information content (AvgIpc) is 3.35. The zero-order valence-corrected chi connectivity index (χ0v) is 15.5. The van der Waals surface area contributed by atoms with E-state index in [1.807, 2.05) is 35.8 Å². The fraction of sp³-hybridized carbons (Fsp3) is 0.350. The number of hydrogen-bond donors (Lipinski definition) is 2. The van der Waals surface area contributed by atoms with Gasteiger partial charge in [0, 0.05) is 51.0 Å². The van der Waals surface area contributed by atoms with Crippen molar-refractivity contribution in [2.75, 3.05) is 31.6 Å². The maximum absolute atomic E-state index is 4.36. The first kappa shape index (κ1) is 17.3. The molecule has 3 heterocycles. The molecule has 4 rings (SSSR count). The van der Waals surface area contributed by atoms with Gasteiger partial charge in [-0.2, -0.15) is 0 Å². The van der Waals surface area contributed by atoms with Gasteiger partial charge in [-0.25, -0.2) is 0 Å². The number of aromatic nitrogens is 3. The Kier molecular flexibility index (Phi) is 5.18. The monoisotopic (exact) mass is 363 g/mol. The smallest absolute Gasteiger partial charge is 0.191 e. The average molecular weight is 363 g/mol. The van der Waals surface area contributed by atoms with Crippen LogP contribution >= 0.6 is 0 Å². The predicted octanol–water partition coefficient (Wildman–Crippen LogP) is 1.72. The van der Waals surface area contributed by atoms with Gasteiger partial charge in [0.05, 0.1) is 0 Å². The second kappa shape index (κ2) is 8.07. The molecular weight excluding hydrogens is 338 g/mol. The Hall–Kier alpha value is -3.09. The van der Waals surface area contributed by atoms with Crippen molar-refractivity contribution in [3.8, 4) is 0 Å². The molecule has 1 atom stereocenters. The quantitative estimate of drug-likeness (QED) is 0.534. The highest BCUT2D eigenvalue weighted by atomic mass is 15.3. The normalized spacial score (nSPS) is 17.4. The standard InChI is InChI=1S/C20H25N7/c1-21-20(22-12-10-19-25-24-18-9-5-6-13-27(18)19)23-16-11-14-26(15-16)17-7-3-2-4-8-17/h2-9,13,16H,10-12,14-15H2,1H3,(H2,21,22,23). The number of hydrogen-bond acceptors (Lipinski definition) is 4. The summed E-state index contributed by atoms with van der Waals surface area (Å²) in [7, 11) is 1.81.